The molecule has 1 aromatic carbocycles. The van der Waals surface area contributed by atoms with Crippen LogP contribution in [0.15, 0.2) is 30.5 Å². The van der Waals surface area contributed by atoms with Gasteiger partial charge >= 0.3 is 0 Å². The van der Waals surface area contributed by atoms with Gasteiger partial charge in [0, 0.05) is 23.4 Å². The Morgan fingerprint density at radius 3 is 3.05 bits per heavy atom. The van der Waals surface area contributed by atoms with Crippen LogP contribution in [-0.4, -0.2) is 18.0 Å². The van der Waals surface area contributed by atoms with Gasteiger partial charge in [-0.1, -0.05) is 18.6 Å². The third-order valence-corrected chi connectivity index (χ3v) is 4.68. The van der Waals surface area contributed by atoms with Gasteiger partial charge in [-0.2, -0.15) is 0 Å². The second-order valence-corrected chi connectivity index (χ2v) is 6.39. The van der Waals surface area contributed by atoms with Gasteiger partial charge < -0.3 is 10.1 Å². The Hall–Kier alpha value is -1.88. The Morgan fingerprint density at radius 1 is 1.48 bits per heavy atom. The highest BCUT2D eigenvalue weighted by atomic mass is 32.1. The van der Waals surface area contributed by atoms with E-state index in [4.69, 9.17) is 4.74 Å². The Kier molecular flexibility index (Phi) is 4.20. The first-order chi connectivity index (χ1) is 10.2. The molecule has 110 valence electrons. The molecule has 1 aromatic heterocycles. The topological polar surface area (TPSA) is 51.2 Å². The average Bonchev–Trinajstić information content (AvgIpc) is 2.84. The molecule has 1 N–H and O–H groups in total. The van der Waals surface area contributed by atoms with Crippen LogP contribution in [0.4, 0.5) is 5.13 Å². The summed E-state index contributed by atoms with van der Waals surface area (Å²) in [4.78, 5) is 17.3. The molecule has 4 nitrogen and oxygen atoms in total. The lowest BCUT2D eigenvalue weighted by Gasteiger charge is -2.23. The lowest BCUT2D eigenvalue weighted by Crippen LogP contribution is -2.27. The van der Waals surface area contributed by atoms with E-state index in [1.807, 2.05) is 24.4 Å². The molecule has 1 fully saturated rings. The quantitative estimate of drug-likeness (QED) is 0.920. The molecule has 1 aliphatic rings. The van der Waals surface area contributed by atoms with Crippen LogP contribution in [0.5, 0.6) is 5.75 Å². The number of nitrogens with zero attached hydrogens (tertiary/aromatic N) is 1. The van der Waals surface area contributed by atoms with E-state index < -0.39 is 0 Å². The van der Waals surface area contributed by atoms with Crippen LogP contribution in [0.25, 0.3) is 0 Å². The minimum absolute atomic E-state index is 0.114. The summed E-state index contributed by atoms with van der Waals surface area (Å²) in [6, 6.07) is 8.00. The summed E-state index contributed by atoms with van der Waals surface area (Å²) < 4.78 is 5.23. The van der Waals surface area contributed by atoms with Crippen molar-refractivity contribution in [1.82, 2.24) is 4.98 Å². The van der Waals surface area contributed by atoms with Crippen molar-refractivity contribution < 1.29 is 9.53 Å². The van der Waals surface area contributed by atoms with Crippen LogP contribution in [0.2, 0.25) is 0 Å². The van der Waals surface area contributed by atoms with Crippen LogP contribution in [0, 0.1) is 5.92 Å². The van der Waals surface area contributed by atoms with Crippen LogP contribution < -0.4 is 10.1 Å². The highest BCUT2D eigenvalue weighted by molar-refractivity contribution is 7.15. The third kappa shape index (κ3) is 3.42. The molecule has 1 saturated carbocycles. The van der Waals surface area contributed by atoms with Gasteiger partial charge in [-0.15, -0.1) is 11.3 Å². The summed E-state index contributed by atoms with van der Waals surface area (Å²) in [5, 5.41) is 3.62. The Labute approximate surface area is 128 Å². The first-order valence-corrected chi connectivity index (χ1v) is 7.95. The second kappa shape index (κ2) is 6.26. The summed E-state index contributed by atoms with van der Waals surface area (Å²) in [6.45, 7) is 0. The molecule has 0 spiro atoms. The molecule has 2 aromatic rings. The van der Waals surface area contributed by atoms with Gasteiger partial charge in [0.05, 0.1) is 7.11 Å². The Morgan fingerprint density at radius 2 is 2.33 bits per heavy atom. The molecule has 0 bridgehead atoms. The van der Waals surface area contributed by atoms with E-state index in [1.54, 1.807) is 7.11 Å². The normalized spacial score (nSPS) is 14.5. The molecule has 5 heteroatoms. The number of hydrogen-bond acceptors (Lipinski definition) is 4. The van der Waals surface area contributed by atoms with Crippen molar-refractivity contribution in [3.05, 3.63) is 40.9 Å². The fourth-order valence-corrected chi connectivity index (χ4v) is 3.16. The molecule has 1 amide bonds. The zero-order chi connectivity index (χ0) is 14.7. The average molecular weight is 302 g/mol. The molecule has 21 heavy (non-hydrogen) atoms. The molecule has 0 unspecified atom stereocenters. The Balaban J connectivity index is 1.62. The smallest absolute Gasteiger partial charge is 0.229 e. The van der Waals surface area contributed by atoms with Crippen molar-refractivity contribution in [1.29, 1.82) is 0 Å². The van der Waals surface area contributed by atoms with E-state index in [-0.39, 0.29) is 11.8 Å². The number of benzene rings is 1. The number of nitrogens with one attached hydrogen (secondary N) is 1. The summed E-state index contributed by atoms with van der Waals surface area (Å²) in [7, 11) is 1.67. The Bertz CT molecular complexity index is 635. The van der Waals surface area contributed by atoms with E-state index in [0.717, 1.165) is 36.3 Å². The van der Waals surface area contributed by atoms with E-state index >= 15 is 0 Å². The number of rotatable bonds is 5. The van der Waals surface area contributed by atoms with Crippen molar-refractivity contribution in [2.24, 2.45) is 5.92 Å². The number of carbonyl (C=O) groups excluding carboxylic acids is 1. The largest absolute Gasteiger partial charge is 0.497 e. The summed E-state index contributed by atoms with van der Waals surface area (Å²) in [5.74, 6) is 1.16. The predicted molar refractivity (Wildman–Crippen MR) is 83.9 cm³/mol. The van der Waals surface area contributed by atoms with E-state index in [1.165, 1.54) is 16.9 Å². The van der Waals surface area contributed by atoms with Gasteiger partial charge in [0.1, 0.15) is 5.75 Å². The maximum absolute atomic E-state index is 11.9. The number of amides is 1. The van der Waals surface area contributed by atoms with Crippen molar-refractivity contribution >= 4 is 22.4 Å². The van der Waals surface area contributed by atoms with Gasteiger partial charge in [0.2, 0.25) is 5.91 Å². The summed E-state index contributed by atoms with van der Waals surface area (Å²) in [6.07, 6.45) is 5.81. The lowest BCUT2D eigenvalue weighted by atomic mass is 9.85. The molecule has 0 atom stereocenters. The minimum atomic E-state index is 0.114. The van der Waals surface area contributed by atoms with E-state index in [9.17, 15) is 4.79 Å². The fraction of sp³-hybridized carbons (Fsp3) is 0.375. The second-order valence-electron chi connectivity index (χ2n) is 5.28. The zero-order valence-electron chi connectivity index (χ0n) is 12.0. The first kappa shape index (κ1) is 14.1. The van der Waals surface area contributed by atoms with Gasteiger partial charge in [-0.05, 0) is 30.5 Å². The number of ether oxygens (including phenoxy) is 1. The van der Waals surface area contributed by atoms with Crippen molar-refractivity contribution in [2.75, 3.05) is 12.4 Å². The standard InChI is InChI=1S/C16H18N2O2S/c1-20-13-7-2-4-11(8-13)9-14-10-17-16(21-14)18-15(19)12-5-3-6-12/h2,4,7-8,10,12H,3,5-6,9H2,1H3,(H,17,18,19). The fourth-order valence-electron chi connectivity index (χ4n) is 2.31. The SMILES string of the molecule is COc1cccc(Cc2cnc(NC(=O)C3CCC3)s2)c1. The van der Waals surface area contributed by atoms with Gasteiger partial charge in [0.25, 0.3) is 0 Å². The number of anilines is 1. The van der Waals surface area contributed by atoms with E-state index in [2.05, 4.69) is 16.4 Å². The predicted octanol–water partition coefficient (Wildman–Crippen LogP) is 3.48. The zero-order valence-corrected chi connectivity index (χ0v) is 12.8. The van der Waals surface area contributed by atoms with Crippen molar-refractivity contribution in [3.8, 4) is 5.75 Å². The highest BCUT2D eigenvalue weighted by Crippen LogP contribution is 2.29. The van der Waals surface area contributed by atoms with Crippen molar-refractivity contribution in [2.45, 2.75) is 25.7 Å². The first-order valence-electron chi connectivity index (χ1n) is 7.13. The van der Waals surface area contributed by atoms with Crippen LogP contribution in [0.3, 0.4) is 0 Å². The van der Waals surface area contributed by atoms with Crippen LogP contribution in [-0.2, 0) is 11.2 Å². The monoisotopic (exact) mass is 302 g/mol. The molecule has 1 heterocycles. The molecular weight excluding hydrogens is 284 g/mol. The minimum Gasteiger partial charge on any atom is -0.497 e. The molecule has 3 rings (SSSR count). The summed E-state index contributed by atoms with van der Waals surface area (Å²) >= 11 is 1.54. The van der Waals surface area contributed by atoms with Crippen LogP contribution in [0.1, 0.15) is 29.7 Å². The highest BCUT2D eigenvalue weighted by Gasteiger charge is 2.25. The number of thiazole rings is 1. The molecule has 0 radical (unpaired) electrons. The van der Waals surface area contributed by atoms with E-state index in [0.29, 0.717) is 5.13 Å². The van der Waals surface area contributed by atoms with Gasteiger partial charge in [0.15, 0.2) is 5.13 Å². The van der Waals surface area contributed by atoms with Gasteiger partial charge in [-0.25, -0.2) is 4.98 Å². The number of carbonyl (C=O) groups is 1. The molecule has 0 saturated heterocycles. The molecular formula is C16H18N2O2S. The number of hydrogen-bond donors (Lipinski definition) is 1. The molecule has 0 aliphatic heterocycles. The van der Waals surface area contributed by atoms with Crippen molar-refractivity contribution in [3.63, 3.8) is 0 Å². The van der Waals surface area contributed by atoms with Crippen LogP contribution >= 0.6 is 11.3 Å². The maximum atomic E-state index is 11.9. The number of methoxy groups -OCH3 is 1. The van der Waals surface area contributed by atoms with Gasteiger partial charge in [-0.3, -0.25) is 4.79 Å². The number of aromatic nitrogens is 1. The molecule has 1 aliphatic carbocycles. The lowest BCUT2D eigenvalue weighted by molar-refractivity contribution is -0.122. The maximum Gasteiger partial charge on any atom is 0.229 e. The summed E-state index contributed by atoms with van der Waals surface area (Å²) in [5.41, 5.74) is 1.18. The third-order valence-electron chi connectivity index (χ3n) is 3.77.